The van der Waals surface area contributed by atoms with Crippen LogP contribution in [0.4, 0.5) is 13.2 Å². The van der Waals surface area contributed by atoms with Crippen LogP contribution in [0, 0.1) is 0 Å². The molecule has 0 aromatic carbocycles. The number of allylic oxidation sites excluding steroid dienone is 2. The maximum Gasteiger partial charge on any atom is 0.454 e. The molecule has 0 aromatic rings. The SMILES string of the molecule is CO/C(=C\C(=O)C(F)(F)F)C(C)Br. The van der Waals surface area contributed by atoms with E-state index in [-0.39, 0.29) is 5.76 Å². The minimum Gasteiger partial charge on any atom is -0.500 e. The Hall–Kier alpha value is -0.520. The molecule has 0 spiro atoms. The summed E-state index contributed by atoms with van der Waals surface area (Å²) in [6.45, 7) is 1.55. The smallest absolute Gasteiger partial charge is 0.454 e. The van der Waals surface area contributed by atoms with E-state index in [1.54, 1.807) is 6.92 Å². The molecular weight excluding hydrogens is 253 g/mol. The van der Waals surface area contributed by atoms with E-state index in [9.17, 15) is 18.0 Å². The number of ketones is 1. The van der Waals surface area contributed by atoms with Crippen molar-refractivity contribution in [2.45, 2.75) is 17.9 Å². The molecule has 13 heavy (non-hydrogen) atoms. The average molecular weight is 261 g/mol. The van der Waals surface area contributed by atoms with Gasteiger partial charge in [0.25, 0.3) is 5.78 Å². The van der Waals surface area contributed by atoms with E-state index in [2.05, 4.69) is 20.7 Å². The first kappa shape index (κ1) is 12.5. The van der Waals surface area contributed by atoms with E-state index in [4.69, 9.17) is 0 Å². The summed E-state index contributed by atoms with van der Waals surface area (Å²) < 4.78 is 39.8. The zero-order valence-corrected chi connectivity index (χ0v) is 8.57. The average Bonchev–Trinajstić information content (AvgIpc) is 1.96. The maximum absolute atomic E-state index is 11.7. The van der Waals surface area contributed by atoms with Crippen molar-refractivity contribution in [1.82, 2.24) is 0 Å². The van der Waals surface area contributed by atoms with Crippen LogP contribution in [0.3, 0.4) is 0 Å². The molecule has 0 saturated carbocycles. The van der Waals surface area contributed by atoms with Gasteiger partial charge in [-0.25, -0.2) is 0 Å². The van der Waals surface area contributed by atoms with Gasteiger partial charge in [0.15, 0.2) is 0 Å². The molecule has 1 atom stereocenters. The zero-order chi connectivity index (χ0) is 10.6. The second kappa shape index (κ2) is 4.64. The van der Waals surface area contributed by atoms with Crippen LogP contribution >= 0.6 is 15.9 Å². The van der Waals surface area contributed by atoms with E-state index in [1.807, 2.05) is 0 Å². The molecule has 76 valence electrons. The summed E-state index contributed by atoms with van der Waals surface area (Å²) in [4.78, 5) is 10.0. The third kappa shape index (κ3) is 4.31. The van der Waals surface area contributed by atoms with E-state index >= 15 is 0 Å². The van der Waals surface area contributed by atoms with Crippen LogP contribution in [-0.4, -0.2) is 23.9 Å². The van der Waals surface area contributed by atoms with Gasteiger partial charge in [-0.15, -0.1) is 0 Å². The zero-order valence-electron chi connectivity index (χ0n) is 6.98. The number of ether oxygens (including phenoxy) is 1. The highest BCUT2D eigenvalue weighted by atomic mass is 79.9. The van der Waals surface area contributed by atoms with Crippen molar-refractivity contribution in [3.05, 3.63) is 11.8 Å². The summed E-state index contributed by atoms with van der Waals surface area (Å²) >= 11 is 2.98. The minimum atomic E-state index is -4.84. The topological polar surface area (TPSA) is 26.3 Å². The van der Waals surface area contributed by atoms with Gasteiger partial charge in [-0.05, 0) is 6.92 Å². The number of hydrogen-bond acceptors (Lipinski definition) is 2. The second-order valence-electron chi connectivity index (χ2n) is 2.23. The van der Waals surface area contributed by atoms with Gasteiger partial charge in [0.2, 0.25) is 0 Å². The van der Waals surface area contributed by atoms with Crippen LogP contribution in [0.5, 0.6) is 0 Å². The minimum absolute atomic E-state index is 0.0534. The summed E-state index contributed by atoms with van der Waals surface area (Å²) in [5, 5.41) is 0. The van der Waals surface area contributed by atoms with Crippen molar-refractivity contribution in [2.75, 3.05) is 7.11 Å². The lowest BCUT2D eigenvalue weighted by Crippen LogP contribution is -2.21. The molecule has 0 aromatic heterocycles. The molecular formula is C7H8BrF3O2. The van der Waals surface area contributed by atoms with Gasteiger partial charge >= 0.3 is 6.18 Å². The van der Waals surface area contributed by atoms with Crippen LogP contribution in [0.25, 0.3) is 0 Å². The van der Waals surface area contributed by atoms with Crippen LogP contribution in [0.2, 0.25) is 0 Å². The molecule has 0 radical (unpaired) electrons. The predicted octanol–water partition coefficient (Wildman–Crippen LogP) is 2.43. The van der Waals surface area contributed by atoms with Gasteiger partial charge in [-0.2, -0.15) is 13.2 Å². The standard InChI is InChI=1S/C7H8BrF3O2/c1-4(8)5(13-2)3-6(12)7(9,10)11/h3-4H,1-2H3/b5-3-. The lowest BCUT2D eigenvalue weighted by atomic mass is 10.3. The van der Waals surface area contributed by atoms with Gasteiger partial charge in [0.05, 0.1) is 11.9 Å². The lowest BCUT2D eigenvalue weighted by Gasteiger charge is -2.08. The van der Waals surface area contributed by atoms with E-state index in [0.29, 0.717) is 6.08 Å². The Labute approximate surface area is 81.9 Å². The number of hydrogen-bond donors (Lipinski definition) is 0. The first-order valence-corrected chi connectivity index (χ1v) is 4.21. The summed E-state index contributed by atoms with van der Waals surface area (Å²) in [5.41, 5.74) is 0. The van der Waals surface area contributed by atoms with E-state index in [0.717, 1.165) is 0 Å². The van der Waals surface area contributed by atoms with E-state index < -0.39 is 16.8 Å². The number of rotatable bonds is 3. The Kier molecular flexibility index (Phi) is 4.46. The highest BCUT2D eigenvalue weighted by Crippen LogP contribution is 2.20. The lowest BCUT2D eigenvalue weighted by molar-refractivity contribution is -0.165. The Morgan fingerprint density at radius 1 is 1.54 bits per heavy atom. The molecule has 6 heteroatoms. The summed E-state index contributed by atoms with van der Waals surface area (Å²) in [5.74, 6) is -1.97. The van der Waals surface area contributed by atoms with Gasteiger partial charge in [0, 0.05) is 6.08 Å². The fourth-order valence-electron chi connectivity index (χ4n) is 0.547. The first-order valence-electron chi connectivity index (χ1n) is 3.30. The Morgan fingerprint density at radius 2 is 2.00 bits per heavy atom. The molecule has 1 unspecified atom stereocenters. The van der Waals surface area contributed by atoms with Crippen molar-refractivity contribution < 1.29 is 22.7 Å². The largest absolute Gasteiger partial charge is 0.500 e. The van der Waals surface area contributed by atoms with Crippen molar-refractivity contribution in [1.29, 1.82) is 0 Å². The molecule has 2 nitrogen and oxygen atoms in total. The first-order chi connectivity index (χ1) is 5.79. The third-order valence-electron chi connectivity index (χ3n) is 1.18. The van der Waals surface area contributed by atoms with Crippen molar-refractivity contribution in [2.24, 2.45) is 0 Å². The summed E-state index contributed by atoms with van der Waals surface area (Å²) in [6, 6.07) is 0. The number of carbonyl (C=O) groups excluding carboxylic acids is 1. The molecule has 0 aliphatic carbocycles. The monoisotopic (exact) mass is 260 g/mol. The Morgan fingerprint density at radius 3 is 2.23 bits per heavy atom. The molecule has 0 N–H and O–H groups in total. The van der Waals surface area contributed by atoms with Gasteiger partial charge in [0.1, 0.15) is 5.76 Å². The molecule has 0 amide bonds. The van der Waals surface area contributed by atoms with Crippen molar-refractivity contribution in [3.8, 4) is 0 Å². The molecule has 0 rings (SSSR count). The van der Waals surface area contributed by atoms with Crippen molar-refractivity contribution >= 4 is 21.7 Å². The Bertz CT molecular complexity index is 220. The van der Waals surface area contributed by atoms with Crippen LogP contribution in [-0.2, 0) is 9.53 Å². The molecule has 0 bridgehead atoms. The molecule has 0 saturated heterocycles. The highest BCUT2D eigenvalue weighted by Gasteiger charge is 2.37. The fourth-order valence-corrected chi connectivity index (χ4v) is 0.866. The molecule has 0 aliphatic heterocycles. The quantitative estimate of drug-likeness (QED) is 0.443. The second-order valence-corrected chi connectivity index (χ2v) is 3.60. The molecule has 0 aliphatic rings. The maximum atomic E-state index is 11.7. The molecule has 0 fully saturated rings. The number of methoxy groups -OCH3 is 1. The summed E-state index contributed by atoms with van der Waals surface area (Å²) in [6.07, 6.45) is -4.41. The third-order valence-corrected chi connectivity index (χ3v) is 1.63. The number of halogens is 4. The fraction of sp³-hybridized carbons (Fsp3) is 0.571. The van der Waals surface area contributed by atoms with Crippen LogP contribution < -0.4 is 0 Å². The van der Waals surface area contributed by atoms with Gasteiger partial charge in [-0.1, -0.05) is 15.9 Å². The molecule has 0 heterocycles. The Balaban J connectivity index is 4.62. The van der Waals surface area contributed by atoms with Gasteiger partial charge < -0.3 is 4.74 Å². The van der Waals surface area contributed by atoms with E-state index in [1.165, 1.54) is 7.11 Å². The normalized spacial score (nSPS) is 15.4. The van der Waals surface area contributed by atoms with Crippen LogP contribution in [0.15, 0.2) is 11.8 Å². The highest BCUT2D eigenvalue weighted by molar-refractivity contribution is 9.09. The van der Waals surface area contributed by atoms with Gasteiger partial charge in [-0.3, -0.25) is 4.79 Å². The number of carbonyl (C=O) groups is 1. The van der Waals surface area contributed by atoms with Crippen LogP contribution in [0.1, 0.15) is 6.92 Å². The van der Waals surface area contributed by atoms with Crippen molar-refractivity contribution in [3.63, 3.8) is 0 Å². The number of alkyl halides is 4. The predicted molar refractivity (Wildman–Crippen MR) is 44.5 cm³/mol. The summed E-state index contributed by atoms with van der Waals surface area (Å²) in [7, 11) is 1.20.